The number of ether oxygens (including phenoxy) is 2. The third kappa shape index (κ3) is 5.77. The van der Waals surface area contributed by atoms with Crippen molar-refractivity contribution in [3.05, 3.63) is 51.9 Å². The lowest BCUT2D eigenvalue weighted by molar-refractivity contribution is 0.0527. The van der Waals surface area contributed by atoms with Crippen LogP contribution in [0.25, 0.3) is 0 Å². The van der Waals surface area contributed by atoms with Crippen LogP contribution in [0.1, 0.15) is 45.0 Å². The van der Waals surface area contributed by atoms with E-state index in [0.29, 0.717) is 32.7 Å². The number of anilines is 1. The third-order valence-corrected chi connectivity index (χ3v) is 5.29. The Morgan fingerprint density at radius 1 is 1.07 bits per heavy atom. The van der Waals surface area contributed by atoms with Crippen LogP contribution in [0.2, 0.25) is 0 Å². The van der Waals surface area contributed by atoms with Crippen molar-refractivity contribution in [2.24, 2.45) is 0 Å². The summed E-state index contributed by atoms with van der Waals surface area (Å²) in [6.45, 7) is 6.30. The van der Waals surface area contributed by atoms with E-state index in [1.54, 1.807) is 20.8 Å². The van der Waals surface area contributed by atoms with Gasteiger partial charge in [-0.2, -0.15) is 0 Å². The molecule has 0 aliphatic rings. The van der Waals surface area contributed by atoms with Crippen LogP contribution in [0.3, 0.4) is 0 Å². The predicted octanol–water partition coefficient (Wildman–Crippen LogP) is 3.94. The van der Waals surface area contributed by atoms with E-state index >= 15 is 0 Å². The van der Waals surface area contributed by atoms with Gasteiger partial charge >= 0.3 is 11.9 Å². The second kappa shape index (κ2) is 10.8. The van der Waals surface area contributed by atoms with Crippen LogP contribution in [0, 0.1) is 6.92 Å². The van der Waals surface area contributed by atoms with Gasteiger partial charge in [-0.15, -0.1) is 11.3 Å². The number of hydrogen-bond donors (Lipinski definition) is 2. The zero-order chi connectivity index (χ0) is 20.5. The quantitative estimate of drug-likeness (QED) is 0.495. The summed E-state index contributed by atoms with van der Waals surface area (Å²) in [5, 5.41) is 6.99. The van der Waals surface area contributed by atoms with Crippen molar-refractivity contribution in [2.45, 2.75) is 27.2 Å². The van der Waals surface area contributed by atoms with Crippen molar-refractivity contribution in [1.82, 2.24) is 5.32 Å². The van der Waals surface area contributed by atoms with Crippen molar-refractivity contribution in [2.75, 3.05) is 25.1 Å². The predicted molar refractivity (Wildman–Crippen MR) is 115 cm³/mol. The Kier molecular flexibility index (Phi) is 8.41. The molecular formula is C20H24N2O4S2. The SMILES string of the molecule is CCOC(=O)c1sc(NC(=S)NCCc2ccccc2)c(C(=O)OCC)c1C. The molecule has 0 fully saturated rings. The van der Waals surface area contributed by atoms with E-state index in [2.05, 4.69) is 10.6 Å². The molecule has 150 valence electrons. The van der Waals surface area contributed by atoms with Crippen molar-refractivity contribution >= 4 is 45.6 Å². The van der Waals surface area contributed by atoms with Gasteiger partial charge in [0.05, 0.1) is 18.8 Å². The van der Waals surface area contributed by atoms with Gasteiger partial charge < -0.3 is 20.1 Å². The van der Waals surface area contributed by atoms with Gasteiger partial charge in [0.1, 0.15) is 9.88 Å². The van der Waals surface area contributed by atoms with E-state index in [1.165, 1.54) is 5.56 Å². The molecule has 8 heteroatoms. The number of rotatable bonds is 8. The van der Waals surface area contributed by atoms with Crippen LogP contribution in [0.5, 0.6) is 0 Å². The number of carbonyl (C=O) groups is 2. The summed E-state index contributed by atoms with van der Waals surface area (Å²) in [6, 6.07) is 10.0. The number of thiocarbonyl (C=S) groups is 1. The minimum absolute atomic E-state index is 0.238. The van der Waals surface area contributed by atoms with E-state index in [9.17, 15) is 9.59 Å². The van der Waals surface area contributed by atoms with Crippen LogP contribution < -0.4 is 10.6 Å². The molecule has 2 rings (SSSR count). The first-order chi connectivity index (χ1) is 13.5. The van der Waals surface area contributed by atoms with Gasteiger partial charge in [0.15, 0.2) is 5.11 Å². The monoisotopic (exact) mass is 420 g/mol. The summed E-state index contributed by atoms with van der Waals surface area (Å²) in [7, 11) is 0. The Bertz CT molecular complexity index is 834. The number of nitrogens with one attached hydrogen (secondary N) is 2. The maximum Gasteiger partial charge on any atom is 0.348 e. The van der Waals surface area contributed by atoms with Gasteiger partial charge in [-0.25, -0.2) is 9.59 Å². The highest BCUT2D eigenvalue weighted by molar-refractivity contribution is 7.80. The normalized spacial score (nSPS) is 10.2. The standard InChI is InChI=1S/C20H24N2O4S2/c1-4-25-18(23)15-13(3)16(19(24)26-5-2)28-17(15)22-20(27)21-12-11-14-9-7-6-8-10-14/h6-10H,4-5,11-12H2,1-3H3,(H2,21,22,27). The van der Waals surface area contributed by atoms with Crippen molar-refractivity contribution in [3.63, 3.8) is 0 Å². The van der Waals surface area contributed by atoms with Crippen LogP contribution in [-0.4, -0.2) is 36.8 Å². The highest BCUT2D eigenvalue weighted by atomic mass is 32.1. The van der Waals surface area contributed by atoms with E-state index in [4.69, 9.17) is 21.7 Å². The van der Waals surface area contributed by atoms with Crippen molar-refractivity contribution in [3.8, 4) is 0 Å². The molecule has 0 saturated carbocycles. The first kappa shape index (κ1) is 21.8. The minimum Gasteiger partial charge on any atom is -0.462 e. The van der Waals surface area contributed by atoms with Crippen LogP contribution in [0.4, 0.5) is 5.00 Å². The highest BCUT2D eigenvalue weighted by Crippen LogP contribution is 2.34. The molecule has 1 aromatic carbocycles. The van der Waals surface area contributed by atoms with E-state index in [1.807, 2.05) is 30.3 Å². The molecule has 2 N–H and O–H groups in total. The summed E-state index contributed by atoms with van der Waals surface area (Å²) >= 11 is 6.48. The molecule has 0 radical (unpaired) electrons. The second-order valence-corrected chi connectivity index (χ2v) is 7.25. The van der Waals surface area contributed by atoms with E-state index in [0.717, 1.165) is 17.8 Å². The van der Waals surface area contributed by atoms with Gasteiger partial charge in [0.25, 0.3) is 0 Å². The van der Waals surface area contributed by atoms with Gasteiger partial charge in [-0.05, 0) is 50.5 Å². The first-order valence-corrected chi connectivity index (χ1v) is 10.3. The van der Waals surface area contributed by atoms with Crippen LogP contribution >= 0.6 is 23.6 Å². The summed E-state index contributed by atoms with van der Waals surface area (Å²) in [5.74, 6) is -0.965. The average Bonchev–Trinajstić information content (AvgIpc) is 2.99. The molecule has 6 nitrogen and oxygen atoms in total. The van der Waals surface area contributed by atoms with E-state index in [-0.39, 0.29) is 13.2 Å². The average molecular weight is 421 g/mol. The number of carbonyl (C=O) groups excluding carboxylic acids is 2. The molecule has 0 aliphatic carbocycles. The molecule has 0 saturated heterocycles. The second-order valence-electron chi connectivity index (χ2n) is 5.82. The lowest BCUT2D eigenvalue weighted by atomic mass is 10.1. The zero-order valence-electron chi connectivity index (χ0n) is 16.2. The molecule has 1 heterocycles. The summed E-state index contributed by atoms with van der Waals surface area (Å²) < 4.78 is 10.2. The molecule has 28 heavy (non-hydrogen) atoms. The fraction of sp³-hybridized carbons (Fsp3) is 0.350. The van der Waals surface area contributed by atoms with E-state index < -0.39 is 11.9 Å². The lowest BCUT2D eigenvalue weighted by Crippen LogP contribution is -2.30. The molecular weight excluding hydrogens is 396 g/mol. The van der Waals surface area contributed by atoms with Crippen LogP contribution in [-0.2, 0) is 15.9 Å². The smallest absolute Gasteiger partial charge is 0.348 e. The number of thiophene rings is 1. The van der Waals surface area contributed by atoms with Crippen molar-refractivity contribution < 1.29 is 19.1 Å². The first-order valence-electron chi connectivity index (χ1n) is 9.04. The number of esters is 2. The van der Waals surface area contributed by atoms with Gasteiger partial charge in [-0.3, -0.25) is 0 Å². The molecule has 0 unspecified atom stereocenters. The highest BCUT2D eigenvalue weighted by Gasteiger charge is 2.26. The Morgan fingerprint density at radius 2 is 1.71 bits per heavy atom. The largest absolute Gasteiger partial charge is 0.462 e. The van der Waals surface area contributed by atoms with Crippen molar-refractivity contribution in [1.29, 1.82) is 0 Å². The fourth-order valence-corrected chi connectivity index (χ4v) is 3.92. The summed E-state index contributed by atoms with van der Waals surface area (Å²) in [4.78, 5) is 24.9. The Balaban J connectivity index is 2.11. The molecule has 2 aromatic rings. The summed E-state index contributed by atoms with van der Waals surface area (Å²) in [5.41, 5.74) is 2.03. The Morgan fingerprint density at radius 3 is 2.36 bits per heavy atom. The molecule has 0 bridgehead atoms. The molecule has 0 atom stereocenters. The molecule has 0 amide bonds. The maximum atomic E-state index is 12.4. The lowest BCUT2D eigenvalue weighted by Gasteiger charge is -2.11. The Hall–Kier alpha value is -2.45. The topological polar surface area (TPSA) is 76.7 Å². The fourth-order valence-electron chi connectivity index (χ4n) is 2.55. The summed E-state index contributed by atoms with van der Waals surface area (Å²) in [6.07, 6.45) is 0.810. The third-order valence-electron chi connectivity index (χ3n) is 3.86. The molecule has 0 spiro atoms. The van der Waals surface area contributed by atoms with Crippen LogP contribution in [0.15, 0.2) is 30.3 Å². The molecule has 1 aromatic heterocycles. The maximum absolute atomic E-state index is 12.4. The zero-order valence-corrected chi connectivity index (χ0v) is 17.8. The molecule has 0 aliphatic heterocycles. The number of hydrogen-bond acceptors (Lipinski definition) is 6. The minimum atomic E-state index is -0.499. The van der Waals surface area contributed by atoms with Gasteiger partial charge in [0.2, 0.25) is 0 Å². The van der Waals surface area contributed by atoms with Gasteiger partial charge in [-0.1, -0.05) is 30.3 Å². The Labute approximate surface area is 174 Å². The number of benzene rings is 1. The van der Waals surface area contributed by atoms with Gasteiger partial charge in [0, 0.05) is 6.54 Å².